The molecule has 0 amide bonds. The summed E-state index contributed by atoms with van der Waals surface area (Å²) in [6.07, 6.45) is 3.28. The molecule has 0 aromatic heterocycles. The number of aliphatic hydroxyl groups is 1. The van der Waals surface area contributed by atoms with Crippen molar-refractivity contribution in [3.63, 3.8) is 0 Å². The van der Waals surface area contributed by atoms with Crippen molar-refractivity contribution in [1.82, 2.24) is 0 Å². The Morgan fingerprint density at radius 1 is 1.24 bits per heavy atom. The van der Waals surface area contributed by atoms with Crippen molar-refractivity contribution >= 4 is 0 Å². The minimum absolute atomic E-state index is 0.0824. The molecule has 0 atom stereocenters. The van der Waals surface area contributed by atoms with Gasteiger partial charge in [0.1, 0.15) is 5.75 Å². The third kappa shape index (κ3) is 2.45. The highest BCUT2D eigenvalue weighted by Gasteiger charge is 2.39. The Balaban J connectivity index is 2.27. The highest BCUT2D eigenvalue weighted by molar-refractivity contribution is 5.34. The molecule has 3 heteroatoms. The Morgan fingerprint density at radius 2 is 1.88 bits per heavy atom. The first-order chi connectivity index (χ1) is 7.97. The van der Waals surface area contributed by atoms with Crippen LogP contribution in [0.15, 0.2) is 24.3 Å². The summed E-state index contributed by atoms with van der Waals surface area (Å²) in [5.74, 6) is 0.285. The first-order valence-corrected chi connectivity index (χ1v) is 6.19. The van der Waals surface area contributed by atoms with E-state index in [0.717, 1.165) is 31.2 Å². The Morgan fingerprint density at radius 3 is 2.41 bits per heavy atom. The maximum atomic E-state index is 10.0. The molecule has 0 radical (unpaired) electrons. The van der Waals surface area contributed by atoms with Gasteiger partial charge in [0.05, 0.1) is 5.60 Å². The van der Waals surface area contributed by atoms with Gasteiger partial charge in [-0.15, -0.1) is 0 Å². The number of nitrogens with two attached hydrogens (primary N) is 1. The Hall–Kier alpha value is -1.06. The second-order valence-corrected chi connectivity index (χ2v) is 5.53. The largest absolute Gasteiger partial charge is 0.508 e. The lowest BCUT2D eigenvalue weighted by Crippen LogP contribution is -2.43. The van der Waals surface area contributed by atoms with Crippen molar-refractivity contribution in [3.05, 3.63) is 29.8 Å². The first kappa shape index (κ1) is 12.4. The number of aromatic hydroxyl groups is 1. The monoisotopic (exact) mass is 235 g/mol. The fraction of sp³-hybridized carbons (Fsp3) is 0.571. The SMILES string of the molecule is CC1(O)CCC(CN)(c2cccc(O)c2)CC1. The van der Waals surface area contributed by atoms with Gasteiger partial charge in [-0.25, -0.2) is 0 Å². The van der Waals surface area contributed by atoms with E-state index in [-0.39, 0.29) is 11.2 Å². The summed E-state index contributed by atoms with van der Waals surface area (Å²) in [4.78, 5) is 0. The fourth-order valence-corrected chi connectivity index (χ4v) is 2.71. The number of phenolic OH excluding ortho intramolecular Hbond substituents is 1. The van der Waals surface area contributed by atoms with Crippen LogP contribution in [-0.2, 0) is 5.41 Å². The molecule has 1 aromatic carbocycles. The highest BCUT2D eigenvalue weighted by Crippen LogP contribution is 2.42. The Kier molecular flexibility index (Phi) is 3.15. The van der Waals surface area contributed by atoms with Gasteiger partial charge in [-0.1, -0.05) is 12.1 Å². The normalized spacial score (nSPS) is 33.6. The van der Waals surface area contributed by atoms with E-state index in [0.29, 0.717) is 6.54 Å². The maximum absolute atomic E-state index is 10.0. The molecule has 1 aromatic rings. The van der Waals surface area contributed by atoms with Crippen molar-refractivity contribution in [2.45, 2.75) is 43.6 Å². The summed E-state index contributed by atoms with van der Waals surface area (Å²) in [6.45, 7) is 2.45. The molecule has 1 saturated carbocycles. The van der Waals surface area contributed by atoms with E-state index in [2.05, 4.69) is 0 Å². The molecule has 2 rings (SSSR count). The van der Waals surface area contributed by atoms with Crippen LogP contribution >= 0.6 is 0 Å². The van der Waals surface area contributed by atoms with E-state index in [9.17, 15) is 10.2 Å². The zero-order valence-corrected chi connectivity index (χ0v) is 10.3. The molecule has 1 aliphatic carbocycles. The lowest BCUT2D eigenvalue weighted by atomic mass is 9.65. The van der Waals surface area contributed by atoms with E-state index in [4.69, 9.17) is 5.73 Å². The summed E-state index contributed by atoms with van der Waals surface area (Å²) < 4.78 is 0. The van der Waals surface area contributed by atoms with Gasteiger partial charge in [0, 0.05) is 12.0 Å². The fourth-order valence-electron chi connectivity index (χ4n) is 2.71. The van der Waals surface area contributed by atoms with Gasteiger partial charge in [0.15, 0.2) is 0 Å². The number of rotatable bonds is 2. The molecule has 0 saturated heterocycles. The highest BCUT2D eigenvalue weighted by atomic mass is 16.3. The van der Waals surface area contributed by atoms with Gasteiger partial charge >= 0.3 is 0 Å². The number of phenols is 1. The smallest absolute Gasteiger partial charge is 0.115 e. The molecule has 94 valence electrons. The van der Waals surface area contributed by atoms with E-state index in [1.807, 2.05) is 19.1 Å². The van der Waals surface area contributed by atoms with Gasteiger partial charge in [-0.2, -0.15) is 0 Å². The molecule has 1 fully saturated rings. The van der Waals surface area contributed by atoms with E-state index in [1.54, 1.807) is 12.1 Å². The van der Waals surface area contributed by atoms with Crippen LogP contribution in [0, 0.1) is 0 Å². The van der Waals surface area contributed by atoms with E-state index < -0.39 is 5.60 Å². The van der Waals surface area contributed by atoms with Crippen LogP contribution in [0.1, 0.15) is 38.2 Å². The first-order valence-electron chi connectivity index (χ1n) is 6.19. The van der Waals surface area contributed by atoms with Gasteiger partial charge in [-0.3, -0.25) is 0 Å². The van der Waals surface area contributed by atoms with Gasteiger partial charge < -0.3 is 15.9 Å². The molecule has 0 heterocycles. The van der Waals surface area contributed by atoms with Crippen molar-refractivity contribution in [2.75, 3.05) is 6.54 Å². The molecule has 1 aliphatic rings. The van der Waals surface area contributed by atoms with Crippen molar-refractivity contribution < 1.29 is 10.2 Å². The van der Waals surface area contributed by atoms with Gasteiger partial charge in [0.2, 0.25) is 0 Å². The van der Waals surface area contributed by atoms with E-state index >= 15 is 0 Å². The zero-order valence-electron chi connectivity index (χ0n) is 10.3. The Labute approximate surface area is 102 Å². The Bertz CT molecular complexity index is 391. The van der Waals surface area contributed by atoms with Crippen LogP contribution in [-0.4, -0.2) is 22.4 Å². The van der Waals surface area contributed by atoms with Crippen LogP contribution in [0.4, 0.5) is 0 Å². The molecule has 3 nitrogen and oxygen atoms in total. The summed E-state index contributed by atoms with van der Waals surface area (Å²) in [6, 6.07) is 7.35. The van der Waals surface area contributed by atoms with Crippen LogP contribution < -0.4 is 5.73 Å². The zero-order chi connectivity index (χ0) is 12.5. The molecule has 0 aliphatic heterocycles. The van der Waals surface area contributed by atoms with Gasteiger partial charge in [0.25, 0.3) is 0 Å². The second kappa shape index (κ2) is 4.31. The molecule has 17 heavy (non-hydrogen) atoms. The topological polar surface area (TPSA) is 66.5 Å². The van der Waals surface area contributed by atoms with Gasteiger partial charge in [-0.05, 0) is 50.3 Å². The summed E-state index contributed by atoms with van der Waals surface area (Å²) in [5.41, 5.74) is 6.40. The van der Waals surface area contributed by atoms with Crippen LogP contribution in [0.2, 0.25) is 0 Å². The van der Waals surface area contributed by atoms with E-state index in [1.165, 1.54) is 0 Å². The lowest BCUT2D eigenvalue weighted by Gasteiger charge is -2.42. The maximum Gasteiger partial charge on any atom is 0.115 e. The molecule has 0 unspecified atom stereocenters. The number of hydrogen-bond acceptors (Lipinski definition) is 3. The molecular formula is C14H21NO2. The minimum atomic E-state index is -0.560. The molecule has 4 N–H and O–H groups in total. The average molecular weight is 235 g/mol. The minimum Gasteiger partial charge on any atom is -0.508 e. The number of hydrogen-bond donors (Lipinski definition) is 3. The molecule has 0 bridgehead atoms. The van der Waals surface area contributed by atoms with Crippen LogP contribution in [0.25, 0.3) is 0 Å². The van der Waals surface area contributed by atoms with Crippen molar-refractivity contribution in [3.8, 4) is 5.75 Å². The lowest BCUT2D eigenvalue weighted by molar-refractivity contribution is 0.00142. The quantitative estimate of drug-likeness (QED) is 0.733. The summed E-state index contributed by atoms with van der Waals surface area (Å²) in [7, 11) is 0. The van der Waals surface area contributed by atoms with Crippen molar-refractivity contribution in [2.24, 2.45) is 5.73 Å². The summed E-state index contributed by atoms with van der Waals surface area (Å²) >= 11 is 0. The number of benzene rings is 1. The van der Waals surface area contributed by atoms with Crippen LogP contribution in [0.3, 0.4) is 0 Å². The second-order valence-electron chi connectivity index (χ2n) is 5.53. The predicted octanol–water partition coefficient (Wildman–Crippen LogP) is 1.91. The summed E-state index contributed by atoms with van der Waals surface area (Å²) in [5, 5.41) is 19.6. The standard InChI is InChI=1S/C14H21NO2/c1-13(17)5-7-14(10-15,8-6-13)11-3-2-4-12(16)9-11/h2-4,9,16-17H,5-8,10,15H2,1H3. The average Bonchev–Trinajstić information content (AvgIpc) is 2.30. The van der Waals surface area contributed by atoms with Crippen LogP contribution in [0.5, 0.6) is 5.75 Å². The molecular weight excluding hydrogens is 214 g/mol. The predicted molar refractivity (Wildman–Crippen MR) is 67.9 cm³/mol. The third-order valence-corrected chi connectivity index (χ3v) is 4.13. The molecule has 0 spiro atoms. The van der Waals surface area contributed by atoms with Crippen molar-refractivity contribution in [1.29, 1.82) is 0 Å². The third-order valence-electron chi connectivity index (χ3n) is 4.13.